The lowest BCUT2D eigenvalue weighted by Crippen LogP contribution is -2.26. The van der Waals surface area contributed by atoms with E-state index in [1.807, 2.05) is 0 Å². The minimum Gasteiger partial charge on any atom is -0.507 e. The molecule has 0 spiro atoms. The van der Waals surface area contributed by atoms with Crippen molar-refractivity contribution in [3.63, 3.8) is 0 Å². The van der Waals surface area contributed by atoms with Gasteiger partial charge < -0.3 is 15.2 Å². The number of carbonyl (C=O) groups excluding carboxylic acids is 1. The smallest absolute Gasteiger partial charge is 0.255 e. The Morgan fingerprint density at radius 2 is 2.30 bits per heavy atom. The van der Waals surface area contributed by atoms with Gasteiger partial charge in [0.15, 0.2) is 5.82 Å². The third kappa shape index (κ3) is 3.25. The van der Waals surface area contributed by atoms with Gasteiger partial charge in [-0.3, -0.25) is 9.48 Å². The van der Waals surface area contributed by atoms with Gasteiger partial charge in [0, 0.05) is 26.1 Å². The molecule has 20 heavy (non-hydrogen) atoms. The summed E-state index contributed by atoms with van der Waals surface area (Å²) < 4.78 is 6.56. The summed E-state index contributed by atoms with van der Waals surface area (Å²) in [5.74, 6) is 0.697. The number of phenols is 1. The molecule has 0 aliphatic carbocycles. The summed E-state index contributed by atoms with van der Waals surface area (Å²) in [5.41, 5.74) is 0.208. The van der Waals surface area contributed by atoms with Crippen LogP contribution >= 0.6 is 0 Å². The lowest BCUT2D eigenvalue weighted by atomic mass is 10.1. The Kier molecular flexibility index (Phi) is 4.19. The molecule has 0 bridgehead atoms. The van der Waals surface area contributed by atoms with Crippen molar-refractivity contribution in [2.45, 2.75) is 6.42 Å². The Morgan fingerprint density at radius 1 is 1.50 bits per heavy atom. The molecule has 106 valence electrons. The number of nitrogens with zero attached hydrogens (tertiary/aromatic N) is 3. The zero-order valence-electron chi connectivity index (χ0n) is 11.3. The number of aryl methyl sites for hydroxylation is 1. The van der Waals surface area contributed by atoms with Crippen molar-refractivity contribution in [3.05, 3.63) is 35.9 Å². The Bertz CT molecular complexity index is 609. The summed E-state index contributed by atoms with van der Waals surface area (Å²) in [6.07, 6.45) is 2.13. The van der Waals surface area contributed by atoms with Crippen molar-refractivity contribution >= 4 is 5.91 Å². The molecule has 0 radical (unpaired) electrons. The van der Waals surface area contributed by atoms with Crippen molar-refractivity contribution < 1.29 is 14.6 Å². The van der Waals surface area contributed by atoms with Gasteiger partial charge in [-0.15, -0.1) is 0 Å². The van der Waals surface area contributed by atoms with E-state index in [9.17, 15) is 9.90 Å². The maximum absolute atomic E-state index is 11.9. The molecular formula is C13H16N4O3. The number of rotatable bonds is 5. The molecule has 0 aliphatic rings. The molecule has 1 aromatic carbocycles. The van der Waals surface area contributed by atoms with Gasteiger partial charge in [-0.25, -0.2) is 4.98 Å². The van der Waals surface area contributed by atoms with Crippen LogP contribution in [0.1, 0.15) is 16.2 Å². The molecule has 0 saturated heterocycles. The highest BCUT2D eigenvalue weighted by Gasteiger charge is 2.11. The first kappa shape index (κ1) is 13.9. The maximum atomic E-state index is 11.9. The molecule has 1 aromatic heterocycles. The van der Waals surface area contributed by atoms with Crippen LogP contribution in [0.2, 0.25) is 0 Å². The van der Waals surface area contributed by atoms with E-state index < -0.39 is 0 Å². The van der Waals surface area contributed by atoms with Gasteiger partial charge >= 0.3 is 0 Å². The monoisotopic (exact) mass is 276 g/mol. The minimum atomic E-state index is -0.346. The molecule has 0 aliphatic heterocycles. The first-order chi connectivity index (χ1) is 9.60. The summed E-state index contributed by atoms with van der Waals surface area (Å²) in [4.78, 5) is 16.0. The molecule has 0 atom stereocenters. The van der Waals surface area contributed by atoms with Crippen LogP contribution in [-0.4, -0.2) is 39.4 Å². The van der Waals surface area contributed by atoms with Crippen molar-refractivity contribution in [1.29, 1.82) is 0 Å². The van der Waals surface area contributed by atoms with Crippen LogP contribution in [0.15, 0.2) is 24.5 Å². The number of carbonyl (C=O) groups is 1. The highest BCUT2D eigenvalue weighted by atomic mass is 16.5. The molecule has 0 saturated carbocycles. The highest BCUT2D eigenvalue weighted by molar-refractivity contribution is 5.96. The van der Waals surface area contributed by atoms with Crippen molar-refractivity contribution in [2.24, 2.45) is 7.05 Å². The SMILES string of the molecule is COc1ccc(C(=O)NCCc2ncn(C)n2)c(O)c1. The average molecular weight is 276 g/mol. The van der Waals surface area contributed by atoms with Crippen LogP contribution in [0, 0.1) is 0 Å². The second-order valence-electron chi connectivity index (χ2n) is 4.22. The van der Waals surface area contributed by atoms with Crippen LogP contribution < -0.4 is 10.1 Å². The number of amides is 1. The van der Waals surface area contributed by atoms with Crippen LogP contribution in [0.3, 0.4) is 0 Å². The van der Waals surface area contributed by atoms with Gasteiger partial charge in [0.1, 0.15) is 17.8 Å². The molecule has 0 fully saturated rings. The molecule has 7 heteroatoms. The van der Waals surface area contributed by atoms with E-state index in [4.69, 9.17) is 4.74 Å². The molecule has 1 amide bonds. The first-order valence-corrected chi connectivity index (χ1v) is 6.10. The number of hydrogen-bond donors (Lipinski definition) is 2. The van der Waals surface area contributed by atoms with E-state index in [1.54, 1.807) is 24.1 Å². The summed E-state index contributed by atoms with van der Waals surface area (Å²) in [6.45, 7) is 0.397. The number of phenolic OH excluding ortho intramolecular Hbond substituents is 1. The van der Waals surface area contributed by atoms with E-state index in [2.05, 4.69) is 15.4 Å². The topological polar surface area (TPSA) is 89.3 Å². The van der Waals surface area contributed by atoms with E-state index in [0.717, 1.165) is 0 Å². The van der Waals surface area contributed by atoms with Gasteiger partial charge in [-0.2, -0.15) is 5.10 Å². The number of hydrogen-bond acceptors (Lipinski definition) is 5. The Labute approximate surface area is 116 Å². The number of ether oxygens (including phenoxy) is 1. The number of methoxy groups -OCH3 is 1. The van der Waals surface area contributed by atoms with Gasteiger partial charge in [0.05, 0.1) is 12.7 Å². The van der Waals surface area contributed by atoms with Crippen molar-refractivity contribution in [3.8, 4) is 11.5 Å². The van der Waals surface area contributed by atoms with Gasteiger partial charge in [-0.05, 0) is 12.1 Å². The fourth-order valence-electron chi connectivity index (χ4n) is 1.71. The number of nitrogens with one attached hydrogen (secondary N) is 1. The standard InChI is InChI=1S/C13H16N4O3/c1-17-8-15-12(16-17)5-6-14-13(19)10-4-3-9(20-2)7-11(10)18/h3-4,7-8,18H,5-6H2,1-2H3,(H,14,19). The Balaban J connectivity index is 1.91. The second kappa shape index (κ2) is 6.05. The zero-order chi connectivity index (χ0) is 14.5. The average Bonchev–Trinajstić information content (AvgIpc) is 2.84. The second-order valence-corrected chi connectivity index (χ2v) is 4.22. The van der Waals surface area contributed by atoms with E-state index in [1.165, 1.54) is 19.2 Å². The van der Waals surface area contributed by atoms with E-state index in [0.29, 0.717) is 24.5 Å². The normalized spacial score (nSPS) is 10.3. The Hall–Kier alpha value is -2.57. The fourth-order valence-corrected chi connectivity index (χ4v) is 1.71. The Morgan fingerprint density at radius 3 is 2.90 bits per heavy atom. The number of aromatic hydroxyl groups is 1. The van der Waals surface area contributed by atoms with Gasteiger partial charge in [0.25, 0.3) is 5.91 Å². The van der Waals surface area contributed by atoms with Crippen molar-refractivity contribution in [2.75, 3.05) is 13.7 Å². The summed E-state index contributed by atoms with van der Waals surface area (Å²) >= 11 is 0. The van der Waals surface area contributed by atoms with E-state index >= 15 is 0 Å². The molecule has 7 nitrogen and oxygen atoms in total. The molecule has 2 N–H and O–H groups in total. The highest BCUT2D eigenvalue weighted by Crippen LogP contribution is 2.23. The summed E-state index contributed by atoms with van der Waals surface area (Å²) in [7, 11) is 3.28. The third-order valence-corrected chi connectivity index (χ3v) is 2.73. The molecule has 2 aromatic rings. The molecule has 2 rings (SSSR count). The first-order valence-electron chi connectivity index (χ1n) is 6.10. The van der Waals surface area contributed by atoms with Gasteiger partial charge in [0.2, 0.25) is 0 Å². The fraction of sp³-hybridized carbons (Fsp3) is 0.308. The summed E-state index contributed by atoms with van der Waals surface area (Å²) in [5, 5.41) is 16.6. The third-order valence-electron chi connectivity index (χ3n) is 2.73. The predicted molar refractivity (Wildman–Crippen MR) is 71.7 cm³/mol. The predicted octanol–water partition coefficient (Wildman–Crippen LogP) is 0.502. The van der Waals surface area contributed by atoms with Crippen LogP contribution in [0.5, 0.6) is 11.5 Å². The van der Waals surface area contributed by atoms with Gasteiger partial charge in [-0.1, -0.05) is 0 Å². The number of benzene rings is 1. The lowest BCUT2D eigenvalue weighted by molar-refractivity contribution is 0.0951. The van der Waals surface area contributed by atoms with E-state index in [-0.39, 0.29) is 17.2 Å². The van der Waals surface area contributed by atoms with Crippen LogP contribution in [0.25, 0.3) is 0 Å². The number of aromatic nitrogens is 3. The zero-order valence-corrected chi connectivity index (χ0v) is 11.3. The quantitative estimate of drug-likeness (QED) is 0.830. The molecule has 0 unspecified atom stereocenters. The molecular weight excluding hydrogens is 260 g/mol. The maximum Gasteiger partial charge on any atom is 0.255 e. The summed E-state index contributed by atoms with van der Waals surface area (Å²) in [6, 6.07) is 4.53. The van der Waals surface area contributed by atoms with Crippen molar-refractivity contribution in [1.82, 2.24) is 20.1 Å². The largest absolute Gasteiger partial charge is 0.507 e. The minimum absolute atomic E-state index is 0.113. The lowest BCUT2D eigenvalue weighted by Gasteiger charge is -2.07. The molecule has 1 heterocycles. The van der Waals surface area contributed by atoms with Crippen LogP contribution in [0.4, 0.5) is 0 Å². The van der Waals surface area contributed by atoms with Crippen LogP contribution in [-0.2, 0) is 13.5 Å².